The first kappa shape index (κ1) is 11.5. The number of pyridine rings is 1. The standard InChI is InChI=1S/C11H16N2O2/c1-5-13(3)10-8(2)6-9(7-12-10)11(14)15-4/h6-7H,5H2,1-4H3. The van der Waals surface area contributed by atoms with Crippen LogP contribution in [-0.4, -0.2) is 31.7 Å². The Morgan fingerprint density at radius 2 is 2.27 bits per heavy atom. The molecule has 0 spiro atoms. The molecule has 82 valence electrons. The molecule has 0 aliphatic carbocycles. The molecule has 1 aromatic rings. The summed E-state index contributed by atoms with van der Waals surface area (Å²) in [6, 6.07) is 1.79. The molecule has 1 aromatic heterocycles. The second kappa shape index (κ2) is 4.77. The van der Waals surface area contributed by atoms with Crippen molar-refractivity contribution in [2.45, 2.75) is 13.8 Å². The van der Waals surface area contributed by atoms with Crippen molar-refractivity contribution < 1.29 is 9.53 Å². The Morgan fingerprint density at radius 3 is 2.73 bits per heavy atom. The second-order valence-electron chi connectivity index (χ2n) is 3.37. The van der Waals surface area contributed by atoms with E-state index in [0.29, 0.717) is 5.56 Å². The van der Waals surface area contributed by atoms with Gasteiger partial charge in [0.05, 0.1) is 12.7 Å². The van der Waals surface area contributed by atoms with Crippen LogP contribution in [0.25, 0.3) is 0 Å². The van der Waals surface area contributed by atoms with E-state index in [1.54, 1.807) is 12.3 Å². The van der Waals surface area contributed by atoms with Crippen LogP contribution >= 0.6 is 0 Å². The number of carbonyl (C=O) groups excluding carboxylic acids is 1. The highest BCUT2D eigenvalue weighted by atomic mass is 16.5. The van der Waals surface area contributed by atoms with Crippen molar-refractivity contribution in [3.63, 3.8) is 0 Å². The first-order valence-corrected chi connectivity index (χ1v) is 4.86. The number of hydrogen-bond acceptors (Lipinski definition) is 4. The molecule has 0 saturated heterocycles. The summed E-state index contributed by atoms with van der Waals surface area (Å²) in [7, 11) is 3.33. The van der Waals surface area contributed by atoms with Crippen LogP contribution in [0.15, 0.2) is 12.3 Å². The molecule has 15 heavy (non-hydrogen) atoms. The van der Waals surface area contributed by atoms with E-state index < -0.39 is 0 Å². The number of methoxy groups -OCH3 is 1. The van der Waals surface area contributed by atoms with Gasteiger partial charge < -0.3 is 9.64 Å². The van der Waals surface area contributed by atoms with Gasteiger partial charge in [-0.2, -0.15) is 0 Å². The van der Waals surface area contributed by atoms with E-state index in [9.17, 15) is 4.79 Å². The van der Waals surface area contributed by atoms with Gasteiger partial charge >= 0.3 is 5.97 Å². The van der Waals surface area contributed by atoms with Crippen molar-refractivity contribution in [2.75, 3.05) is 25.6 Å². The minimum Gasteiger partial charge on any atom is -0.465 e. The first-order valence-electron chi connectivity index (χ1n) is 4.86. The van der Waals surface area contributed by atoms with Gasteiger partial charge in [-0.25, -0.2) is 9.78 Å². The molecule has 0 aliphatic rings. The summed E-state index contributed by atoms with van der Waals surface area (Å²) in [4.78, 5) is 17.5. The zero-order chi connectivity index (χ0) is 11.4. The lowest BCUT2D eigenvalue weighted by Crippen LogP contribution is -2.18. The molecule has 0 aliphatic heterocycles. The van der Waals surface area contributed by atoms with Gasteiger partial charge in [0.1, 0.15) is 5.82 Å². The number of esters is 1. The number of anilines is 1. The van der Waals surface area contributed by atoms with Crippen LogP contribution in [0.3, 0.4) is 0 Å². The largest absolute Gasteiger partial charge is 0.465 e. The van der Waals surface area contributed by atoms with Crippen LogP contribution in [0.5, 0.6) is 0 Å². The molecule has 1 heterocycles. The summed E-state index contributed by atoms with van der Waals surface area (Å²) < 4.78 is 4.63. The zero-order valence-electron chi connectivity index (χ0n) is 9.57. The molecule has 0 amide bonds. The number of carbonyl (C=O) groups is 1. The maximum absolute atomic E-state index is 11.2. The van der Waals surface area contributed by atoms with Gasteiger partial charge in [0.25, 0.3) is 0 Å². The van der Waals surface area contributed by atoms with E-state index in [1.807, 2.05) is 18.9 Å². The fourth-order valence-electron chi connectivity index (χ4n) is 1.35. The molecular weight excluding hydrogens is 192 g/mol. The molecule has 0 atom stereocenters. The lowest BCUT2D eigenvalue weighted by Gasteiger charge is -2.17. The fourth-order valence-corrected chi connectivity index (χ4v) is 1.35. The fraction of sp³-hybridized carbons (Fsp3) is 0.455. The monoisotopic (exact) mass is 208 g/mol. The Kier molecular flexibility index (Phi) is 3.66. The van der Waals surface area contributed by atoms with Gasteiger partial charge in [-0.05, 0) is 25.5 Å². The van der Waals surface area contributed by atoms with Crippen LogP contribution < -0.4 is 4.90 Å². The summed E-state index contributed by atoms with van der Waals surface area (Å²) in [6.45, 7) is 4.86. The Bertz CT molecular complexity index is 364. The summed E-state index contributed by atoms with van der Waals surface area (Å²) in [5.41, 5.74) is 1.46. The third kappa shape index (κ3) is 2.46. The number of aryl methyl sites for hydroxylation is 1. The Labute approximate surface area is 89.9 Å². The molecule has 4 heteroatoms. The molecule has 0 bridgehead atoms. The lowest BCUT2D eigenvalue weighted by atomic mass is 10.2. The van der Waals surface area contributed by atoms with E-state index in [4.69, 9.17) is 0 Å². The highest BCUT2D eigenvalue weighted by Crippen LogP contribution is 2.16. The van der Waals surface area contributed by atoms with Crippen molar-refractivity contribution in [2.24, 2.45) is 0 Å². The maximum Gasteiger partial charge on any atom is 0.339 e. The van der Waals surface area contributed by atoms with Crippen molar-refractivity contribution in [3.8, 4) is 0 Å². The summed E-state index contributed by atoms with van der Waals surface area (Å²) in [5, 5.41) is 0. The van der Waals surface area contributed by atoms with Crippen LogP contribution in [-0.2, 0) is 4.74 Å². The van der Waals surface area contributed by atoms with Gasteiger partial charge in [0, 0.05) is 19.8 Å². The van der Waals surface area contributed by atoms with Crippen molar-refractivity contribution >= 4 is 11.8 Å². The highest BCUT2D eigenvalue weighted by molar-refractivity contribution is 5.89. The maximum atomic E-state index is 11.2. The average Bonchev–Trinajstić information content (AvgIpc) is 2.26. The SMILES string of the molecule is CCN(C)c1ncc(C(=O)OC)cc1C. The van der Waals surface area contributed by atoms with Crippen molar-refractivity contribution in [1.29, 1.82) is 0 Å². The molecule has 0 radical (unpaired) electrons. The van der Waals surface area contributed by atoms with E-state index in [-0.39, 0.29) is 5.97 Å². The predicted molar refractivity (Wildman–Crippen MR) is 59.3 cm³/mol. The van der Waals surface area contributed by atoms with Crippen LogP contribution in [0.1, 0.15) is 22.8 Å². The van der Waals surface area contributed by atoms with Crippen molar-refractivity contribution in [3.05, 3.63) is 23.4 Å². The molecule has 0 saturated carbocycles. The quantitative estimate of drug-likeness (QED) is 0.708. The summed E-state index contributed by atoms with van der Waals surface area (Å²) >= 11 is 0. The third-order valence-corrected chi connectivity index (χ3v) is 2.31. The molecule has 0 fully saturated rings. The van der Waals surface area contributed by atoms with E-state index >= 15 is 0 Å². The predicted octanol–water partition coefficient (Wildman–Crippen LogP) is 1.63. The minimum absolute atomic E-state index is 0.351. The van der Waals surface area contributed by atoms with Gasteiger partial charge in [-0.3, -0.25) is 0 Å². The van der Waals surface area contributed by atoms with Crippen LogP contribution in [0.4, 0.5) is 5.82 Å². The Morgan fingerprint density at radius 1 is 1.60 bits per heavy atom. The van der Waals surface area contributed by atoms with Crippen LogP contribution in [0.2, 0.25) is 0 Å². The first-order chi connectivity index (χ1) is 7.10. The number of aromatic nitrogens is 1. The molecule has 0 aromatic carbocycles. The highest BCUT2D eigenvalue weighted by Gasteiger charge is 2.10. The molecule has 1 rings (SSSR count). The number of hydrogen-bond donors (Lipinski definition) is 0. The summed E-state index contributed by atoms with van der Waals surface area (Å²) in [5.74, 6) is 0.543. The Hall–Kier alpha value is -1.58. The van der Waals surface area contributed by atoms with E-state index in [1.165, 1.54) is 7.11 Å². The van der Waals surface area contributed by atoms with Crippen molar-refractivity contribution in [1.82, 2.24) is 4.98 Å². The summed E-state index contributed by atoms with van der Waals surface area (Å²) in [6.07, 6.45) is 1.54. The van der Waals surface area contributed by atoms with Gasteiger partial charge in [-0.1, -0.05) is 0 Å². The molecule has 0 N–H and O–H groups in total. The second-order valence-corrected chi connectivity index (χ2v) is 3.37. The van der Waals surface area contributed by atoms with Crippen LogP contribution in [0, 0.1) is 6.92 Å². The smallest absolute Gasteiger partial charge is 0.339 e. The minimum atomic E-state index is -0.351. The third-order valence-electron chi connectivity index (χ3n) is 2.31. The molecule has 0 unspecified atom stereocenters. The normalized spacial score (nSPS) is 9.87. The van der Waals surface area contributed by atoms with Gasteiger partial charge in [0.15, 0.2) is 0 Å². The molecule has 4 nitrogen and oxygen atoms in total. The average molecular weight is 208 g/mol. The number of nitrogens with zero attached hydrogens (tertiary/aromatic N) is 2. The van der Waals surface area contributed by atoms with E-state index in [2.05, 4.69) is 16.6 Å². The zero-order valence-corrected chi connectivity index (χ0v) is 9.57. The topological polar surface area (TPSA) is 42.4 Å². The molecular formula is C11H16N2O2. The Balaban J connectivity index is 3.03. The number of ether oxygens (including phenoxy) is 1. The van der Waals surface area contributed by atoms with Gasteiger partial charge in [0.2, 0.25) is 0 Å². The van der Waals surface area contributed by atoms with E-state index in [0.717, 1.165) is 17.9 Å². The number of rotatable bonds is 3. The lowest BCUT2D eigenvalue weighted by molar-refractivity contribution is 0.0600. The van der Waals surface area contributed by atoms with Gasteiger partial charge in [-0.15, -0.1) is 0 Å².